The van der Waals surface area contributed by atoms with Gasteiger partial charge in [-0.15, -0.1) is 8.78 Å². The normalized spacial score (nSPS) is 14.6. The van der Waals surface area contributed by atoms with Crippen LogP contribution in [0.3, 0.4) is 0 Å². The summed E-state index contributed by atoms with van der Waals surface area (Å²) < 4.78 is 36.6. The third-order valence-electron chi connectivity index (χ3n) is 4.09. The molecule has 26 heavy (non-hydrogen) atoms. The number of nitrogens with zero attached hydrogens (tertiary/aromatic N) is 2. The van der Waals surface area contributed by atoms with Gasteiger partial charge in [-0.05, 0) is 49.2 Å². The van der Waals surface area contributed by atoms with E-state index in [1.54, 1.807) is 23.6 Å². The Labute approximate surface area is 147 Å². The van der Waals surface area contributed by atoms with Crippen LogP contribution in [0.25, 0.3) is 5.65 Å². The third-order valence-corrected chi connectivity index (χ3v) is 4.09. The first-order chi connectivity index (χ1) is 12.3. The number of hydrogen-bond acceptors (Lipinski definition) is 4. The van der Waals surface area contributed by atoms with Crippen LogP contribution >= 0.6 is 0 Å². The Kier molecular flexibility index (Phi) is 3.57. The Bertz CT molecular complexity index is 1030. The molecule has 1 amide bonds. The quantitative estimate of drug-likeness (QED) is 0.780. The zero-order valence-electron chi connectivity index (χ0n) is 14.0. The number of ether oxygens (including phenoxy) is 2. The summed E-state index contributed by atoms with van der Waals surface area (Å²) in [7, 11) is 0. The number of fused-ring (bicyclic) bond motifs is 2. The summed E-state index contributed by atoms with van der Waals surface area (Å²) in [5.41, 5.74) is 3.40. The zero-order chi connectivity index (χ0) is 18.5. The average molecular weight is 359 g/mol. The highest BCUT2D eigenvalue weighted by Gasteiger charge is 2.43. The second-order valence-electron chi connectivity index (χ2n) is 6.11. The first-order valence-corrected chi connectivity index (χ1v) is 7.95. The Balaban J connectivity index is 1.53. The van der Waals surface area contributed by atoms with Crippen molar-refractivity contribution in [3.05, 3.63) is 59.0 Å². The van der Waals surface area contributed by atoms with Crippen molar-refractivity contribution in [1.29, 1.82) is 0 Å². The molecular formula is C18H15F2N3O3. The maximum absolute atomic E-state index is 13.1. The molecule has 0 unspecified atom stereocenters. The van der Waals surface area contributed by atoms with Crippen molar-refractivity contribution in [3.8, 4) is 11.5 Å². The summed E-state index contributed by atoms with van der Waals surface area (Å²) >= 11 is 0. The highest BCUT2D eigenvalue weighted by Crippen LogP contribution is 2.41. The van der Waals surface area contributed by atoms with Gasteiger partial charge in [0, 0.05) is 12.7 Å². The molecule has 0 fully saturated rings. The van der Waals surface area contributed by atoms with Crippen molar-refractivity contribution in [2.24, 2.45) is 0 Å². The number of carbonyl (C=O) groups is 1. The zero-order valence-corrected chi connectivity index (χ0v) is 14.0. The lowest BCUT2D eigenvalue weighted by Crippen LogP contribution is -2.26. The van der Waals surface area contributed by atoms with Crippen molar-refractivity contribution >= 4 is 11.6 Å². The van der Waals surface area contributed by atoms with Gasteiger partial charge < -0.3 is 14.8 Å². The highest BCUT2D eigenvalue weighted by atomic mass is 19.3. The standard InChI is InChI=1S/C18H15F2N3O3/c1-10-5-6-23-15(7-10)22-11(2)16(23)17(24)21-9-12-3-4-13-14(8-12)26-18(19,20)25-13/h3-8H,9H2,1-2H3,(H,21,24). The van der Waals surface area contributed by atoms with Gasteiger partial charge in [-0.3, -0.25) is 9.20 Å². The van der Waals surface area contributed by atoms with Crippen LogP contribution in [-0.4, -0.2) is 21.6 Å². The maximum Gasteiger partial charge on any atom is 0.586 e. The smallest absolute Gasteiger partial charge is 0.395 e. The summed E-state index contributed by atoms with van der Waals surface area (Å²) in [4.78, 5) is 17.0. The number of aromatic nitrogens is 2. The Hall–Kier alpha value is -3.16. The van der Waals surface area contributed by atoms with Crippen molar-refractivity contribution in [1.82, 2.24) is 14.7 Å². The predicted octanol–water partition coefficient (Wildman–Crippen LogP) is 3.20. The van der Waals surface area contributed by atoms with Crippen molar-refractivity contribution in [2.75, 3.05) is 0 Å². The van der Waals surface area contributed by atoms with Crippen LogP contribution in [-0.2, 0) is 6.54 Å². The van der Waals surface area contributed by atoms with E-state index in [1.807, 2.05) is 19.1 Å². The van der Waals surface area contributed by atoms with Gasteiger partial charge in [0.25, 0.3) is 5.91 Å². The molecule has 134 valence electrons. The van der Waals surface area contributed by atoms with Gasteiger partial charge in [0.2, 0.25) is 0 Å². The van der Waals surface area contributed by atoms with Gasteiger partial charge >= 0.3 is 6.29 Å². The molecule has 0 atom stereocenters. The lowest BCUT2D eigenvalue weighted by atomic mass is 10.2. The molecule has 6 nitrogen and oxygen atoms in total. The van der Waals surface area contributed by atoms with E-state index in [1.165, 1.54) is 12.1 Å². The Morgan fingerprint density at radius 2 is 1.96 bits per heavy atom. The lowest BCUT2D eigenvalue weighted by molar-refractivity contribution is -0.286. The number of halogens is 2. The summed E-state index contributed by atoms with van der Waals surface area (Å²) in [6.45, 7) is 3.87. The van der Waals surface area contributed by atoms with Crippen LogP contribution in [0, 0.1) is 13.8 Å². The molecule has 3 aromatic rings. The summed E-state index contributed by atoms with van der Waals surface area (Å²) in [5, 5.41) is 2.78. The van der Waals surface area contributed by atoms with Gasteiger partial charge in [-0.2, -0.15) is 0 Å². The molecule has 4 rings (SSSR count). The van der Waals surface area contributed by atoms with Gasteiger partial charge in [0.1, 0.15) is 11.3 Å². The van der Waals surface area contributed by atoms with Crippen molar-refractivity contribution < 1.29 is 23.0 Å². The minimum Gasteiger partial charge on any atom is -0.395 e. The second kappa shape index (κ2) is 5.69. The molecule has 1 N–H and O–H groups in total. The molecule has 0 saturated carbocycles. The minimum atomic E-state index is -3.66. The average Bonchev–Trinajstić information content (AvgIpc) is 3.05. The fourth-order valence-corrected chi connectivity index (χ4v) is 2.91. The van der Waals surface area contributed by atoms with Gasteiger partial charge in [-0.1, -0.05) is 6.07 Å². The molecule has 1 aliphatic rings. The van der Waals surface area contributed by atoms with Crippen molar-refractivity contribution in [3.63, 3.8) is 0 Å². The molecule has 8 heteroatoms. The van der Waals surface area contributed by atoms with Crippen LogP contribution in [0.4, 0.5) is 8.78 Å². The number of alkyl halides is 2. The number of nitrogens with one attached hydrogen (secondary N) is 1. The van der Waals surface area contributed by atoms with Crippen LogP contribution in [0.1, 0.15) is 27.3 Å². The van der Waals surface area contributed by atoms with E-state index in [0.29, 0.717) is 22.6 Å². The fraction of sp³-hybridized carbons (Fsp3) is 0.222. The molecule has 0 saturated heterocycles. The van der Waals surface area contributed by atoms with Gasteiger partial charge in [-0.25, -0.2) is 4.98 Å². The molecule has 1 aromatic carbocycles. The minimum absolute atomic E-state index is 0.0296. The number of rotatable bonds is 3. The molecule has 2 aromatic heterocycles. The SMILES string of the molecule is Cc1ccn2c(C(=O)NCc3ccc4c(c3)OC(F)(F)O4)c(C)nc2c1. The van der Waals surface area contributed by atoms with E-state index in [2.05, 4.69) is 19.8 Å². The van der Waals surface area contributed by atoms with E-state index in [-0.39, 0.29) is 24.0 Å². The summed E-state index contributed by atoms with van der Waals surface area (Å²) in [6.07, 6.45) is -1.86. The largest absolute Gasteiger partial charge is 0.586 e. The molecule has 0 aliphatic carbocycles. The van der Waals surface area contributed by atoms with Crippen molar-refractivity contribution in [2.45, 2.75) is 26.7 Å². The first kappa shape index (κ1) is 16.3. The third kappa shape index (κ3) is 2.83. The Morgan fingerprint density at radius 1 is 1.19 bits per heavy atom. The molecule has 0 spiro atoms. The van der Waals surface area contributed by atoms with E-state index in [9.17, 15) is 13.6 Å². The van der Waals surface area contributed by atoms with E-state index < -0.39 is 6.29 Å². The predicted molar refractivity (Wildman–Crippen MR) is 88.5 cm³/mol. The topological polar surface area (TPSA) is 64.9 Å². The summed E-state index contributed by atoms with van der Waals surface area (Å²) in [5.74, 6) is -0.386. The molecular weight excluding hydrogens is 344 g/mol. The summed E-state index contributed by atoms with van der Waals surface area (Å²) in [6, 6.07) is 8.18. The van der Waals surface area contributed by atoms with Crippen LogP contribution in [0.15, 0.2) is 36.5 Å². The second-order valence-corrected chi connectivity index (χ2v) is 6.11. The number of aryl methyl sites for hydroxylation is 2. The number of pyridine rings is 1. The monoisotopic (exact) mass is 359 g/mol. The highest BCUT2D eigenvalue weighted by molar-refractivity contribution is 5.94. The van der Waals surface area contributed by atoms with Gasteiger partial charge in [0.05, 0.1) is 5.69 Å². The van der Waals surface area contributed by atoms with Gasteiger partial charge in [0.15, 0.2) is 11.5 Å². The molecule has 0 bridgehead atoms. The molecule has 0 radical (unpaired) electrons. The Morgan fingerprint density at radius 3 is 2.77 bits per heavy atom. The van der Waals surface area contributed by atoms with E-state index in [0.717, 1.165) is 5.56 Å². The number of amides is 1. The molecule has 1 aliphatic heterocycles. The maximum atomic E-state index is 13.1. The first-order valence-electron chi connectivity index (χ1n) is 7.95. The number of hydrogen-bond donors (Lipinski definition) is 1. The van der Waals surface area contributed by atoms with E-state index in [4.69, 9.17) is 0 Å². The van der Waals surface area contributed by atoms with E-state index >= 15 is 0 Å². The van der Waals surface area contributed by atoms with Crippen LogP contribution in [0.2, 0.25) is 0 Å². The van der Waals surface area contributed by atoms with Crippen LogP contribution in [0.5, 0.6) is 11.5 Å². The number of carbonyl (C=O) groups excluding carboxylic acids is 1. The molecule has 3 heterocycles. The fourth-order valence-electron chi connectivity index (χ4n) is 2.91. The number of imidazole rings is 1. The van der Waals surface area contributed by atoms with Crippen LogP contribution < -0.4 is 14.8 Å². The number of benzene rings is 1. The lowest BCUT2D eigenvalue weighted by Gasteiger charge is -2.07.